The fraction of sp³-hybridized carbons (Fsp3) is 0.562. The first-order chi connectivity index (χ1) is 11.5. The number of nitrogens with one attached hydrogen (secondary N) is 1. The van der Waals surface area contributed by atoms with Crippen LogP contribution < -0.4 is 5.32 Å². The number of benzene rings is 1. The summed E-state index contributed by atoms with van der Waals surface area (Å²) in [5.74, 6) is -0.380. The highest BCUT2D eigenvalue weighted by molar-refractivity contribution is 7.89. The molecule has 1 amide bonds. The Kier molecular flexibility index (Phi) is 7.03. The van der Waals surface area contributed by atoms with E-state index in [0.29, 0.717) is 39.3 Å². The molecule has 1 fully saturated rings. The molecule has 134 valence electrons. The van der Waals surface area contributed by atoms with Crippen LogP contribution >= 0.6 is 11.6 Å². The van der Waals surface area contributed by atoms with Crippen molar-refractivity contribution >= 4 is 27.5 Å². The molecule has 24 heavy (non-hydrogen) atoms. The first-order valence-electron chi connectivity index (χ1n) is 8.12. The van der Waals surface area contributed by atoms with Gasteiger partial charge in [0.25, 0.3) is 5.91 Å². The van der Waals surface area contributed by atoms with Gasteiger partial charge in [-0.05, 0) is 44.4 Å². The third kappa shape index (κ3) is 4.69. The van der Waals surface area contributed by atoms with Crippen LogP contribution in [0.5, 0.6) is 0 Å². The van der Waals surface area contributed by atoms with E-state index in [1.165, 1.54) is 22.5 Å². The number of ether oxygens (including phenoxy) is 1. The van der Waals surface area contributed by atoms with E-state index >= 15 is 0 Å². The quantitative estimate of drug-likeness (QED) is 0.708. The second-order valence-electron chi connectivity index (χ2n) is 5.56. The number of sulfonamides is 1. The van der Waals surface area contributed by atoms with Gasteiger partial charge in [0.15, 0.2) is 0 Å². The Labute approximate surface area is 148 Å². The van der Waals surface area contributed by atoms with Crippen LogP contribution in [0.3, 0.4) is 0 Å². The topological polar surface area (TPSA) is 75.7 Å². The highest BCUT2D eigenvalue weighted by atomic mass is 35.5. The van der Waals surface area contributed by atoms with Gasteiger partial charge in [0.1, 0.15) is 0 Å². The molecule has 0 saturated carbocycles. The van der Waals surface area contributed by atoms with Crippen LogP contribution in [0.25, 0.3) is 0 Å². The maximum atomic E-state index is 12.6. The van der Waals surface area contributed by atoms with Crippen molar-refractivity contribution in [3.05, 3.63) is 28.8 Å². The molecule has 1 aromatic carbocycles. The van der Waals surface area contributed by atoms with E-state index in [4.69, 9.17) is 16.3 Å². The lowest BCUT2D eigenvalue weighted by Gasteiger charge is -2.16. The van der Waals surface area contributed by atoms with E-state index in [9.17, 15) is 13.2 Å². The lowest BCUT2D eigenvalue weighted by atomic mass is 10.2. The highest BCUT2D eigenvalue weighted by Crippen LogP contribution is 2.25. The first kappa shape index (κ1) is 19.2. The van der Waals surface area contributed by atoms with Gasteiger partial charge in [-0.1, -0.05) is 11.6 Å². The third-order valence-corrected chi connectivity index (χ3v) is 6.06. The van der Waals surface area contributed by atoms with Crippen molar-refractivity contribution in [2.24, 2.45) is 0 Å². The molecule has 0 aromatic heterocycles. The Bertz CT molecular complexity index is 673. The Morgan fingerprint density at radius 2 is 2.04 bits per heavy atom. The standard InChI is InChI=1S/C16H23ClN2O4S/c1-2-23-11-5-8-18-16(20)14-12-13(6-7-15(14)17)24(21,22)19-9-3-4-10-19/h6-7,12H,2-5,8-11H2,1H3,(H,18,20). The largest absolute Gasteiger partial charge is 0.382 e. The lowest BCUT2D eigenvalue weighted by molar-refractivity contribution is 0.0944. The molecule has 0 unspecified atom stereocenters. The molecule has 0 bridgehead atoms. The van der Waals surface area contributed by atoms with Crippen LogP contribution in [-0.2, 0) is 14.8 Å². The minimum atomic E-state index is -3.57. The van der Waals surface area contributed by atoms with Gasteiger partial charge in [0.05, 0.1) is 15.5 Å². The molecular weight excluding hydrogens is 352 g/mol. The van der Waals surface area contributed by atoms with Crippen molar-refractivity contribution in [1.82, 2.24) is 9.62 Å². The number of carbonyl (C=O) groups is 1. The molecule has 1 aromatic rings. The molecular formula is C16H23ClN2O4S. The second-order valence-corrected chi connectivity index (χ2v) is 7.90. The number of hydrogen-bond donors (Lipinski definition) is 1. The van der Waals surface area contributed by atoms with Crippen LogP contribution in [0, 0.1) is 0 Å². The summed E-state index contributed by atoms with van der Waals surface area (Å²) in [5, 5.41) is 2.97. The van der Waals surface area contributed by atoms with E-state index in [1.807, 2.05) is 6.92 Å². The summed E-state index contributed by atoms with van der Waals surface area (Å²) in [7, 11) is -3.57. The van der Waals surface area contributed by atoms with Crippen molar-refractivity contribution < 1.29 is 17.9 Å². The average molecular weight is 375 g/mol. The van der Waals surface area contributed by atoms with Crippen molar-refractivity contribution in [2.45, 2.75) is 31.1 Å². The summed E-state index contributed by atoms with van der Waals surface area (Å²) < 4.78 is 31.8. The molecule has 1 N–H and O–H groups in total. The van der Waals surface area contributed by atoms with Crippen molar-refractivity contribution in [1.29, 1.82) is 0 Å². The number of carbonyl (C=O) groups excluding carboxylic acids is 1. The maximum Gasteiger partial charge on any atom is 0.252 e. The van der Waals surface area contributed by atoms with E-state index in [0.717, 1.165) is 12.8 Å². The summed E-state index contributed by atoms with van der Waals surface area (Å²) in [6.07, 6.45) is 2.41. The van der Waals surface area contributed by atoms with E-state index in [1.54, 1.807) is 0 Å². The van der Waals surface area contributed by atoms with Crippen molar-refractivity contribution in [2.75, 3.05) is 32.8 Å². The minimum absolute atomic E-state index is 0.105. The van der Waals surface area contributed by atoms with Gasteiger partial charge in [0, 0.05) is 32.8 Å². The summed E-state index contributed by atoms with van der Waals surface area (Å²) in [5.41, 5.74) is 0.174. The van der Waals surface area contributed by atoms with E-state index in [-0.39, 0.29) is 21.4 Å². The normalized spacial score (nSPS) is 15.6. The lowest BCUT2D eigenvalue weighted by Crippen LogP contribution is -2.29. The smallest absolute Gasteiger partial charge is 0.252 e. The zero-order chi connectivity index (χ0) is 17.6. The predicted molar refractivity (Wildman–Crippen MR) is 92.9 cm³/mol. The van der Waals surface area contributed by atoms with Crippen LogP contribution in [-0.4, -0.2) is 51.5 Å². The summed E-state index contributed by atoms with van der Waals surface area (Å²) in [4.78, 5) is 12.4. The van der Waals surface area contributed by atoms with Crippen LogP contribution in [0.2, 0.25) is 5.02 Å². The minimum Gasteiger partial charge on any atom is -0.382 e. The SMILES string of the molecule is CCOCCCNC(=O)c1cc(S(=O)(=O)N2CCCC2)ccc1Cl. The number of nitrogens with zero attached hydrogens (tertiary/aromatic N) is 1. The highest BCUT2D eigenvalue weighted by Gasteiger charge is 2.28. The molecule has 8 heteroatoms. The molecule has 1 aliphatic heterocycles. The van der Waals surface area contributed by atoms with Crippen LogP contribution in [0.1, 0.15) is 36.5 Å². The summed E-state index contributed by atoms with van der Waals surface area (Å²) in [6, 6.07) is 4.26. The Balaban J connectivity index is 2.09. The van der Waals surface area contributed by atoms with Crippen molar-refractivity contribution in [3.63, 3.8) is 0 Å². The fourth-order valence-electron chi connectivity index (χ4n) is 2.53. The van der Waals surface area contributed by atoms with Crippen LogP contribution in [0.15, 0.2) is 23.1 Å². The number of rotatable bonds is 8. The maximum absolute atomic E-state index is 12.6. The average Bonchev–Trinajstić information content (AvgIpc) is 3.10. The molecule has 0 spiro atoms. The Morgan fingerprint density at radius 1 is 1.33 bits per heavy atom. The molecule has 0 aliphatic carbocycles. The van der Waals surface area contributed by atoms with Gasteiger partial charge in [0.2, 0.25) is 10.0 Å². The molecule has 1 heterocycles. The van der Waals surface area contributed by atoms with Crippen molar-refractivity contribution in [3.8, 4) is 0 Å². The molecule has 0 radical (unpaired) electrons. The first-order valence-corrected chi connectivity index (χ1v) is 9.94. The second kappa shape index (κ2) is 8.80. The van der Waals surface area contributed by atoms with Gasteiger partial charge in [-0.3, -0.25) is 4.79 Å². The fourth-order valence-corrected chi connectivity index (χ4v) is 4.28. The van der Waals surface area contributed by atoms with Gasteiger partial charge < -0.3 is 10.1 Å². The van der Waals surface area contributed by atoms with Crippen LogP contribution in [0.4, 0.5) is 0 Å². The Hall–Kier alpha value is -1.15. The third-order valence-electron chi connectivity index (χ3n) is 3.84. The summed E-state index contributed by atoms with van der Waals surface area (Å²) >= 11 is 6.07. The zero-order valence-electron chi connectivity index (χ0n) is 13.8. The molecule has 0 atom stereocenters. The van der Waals surface area contributed by atoms with Gasteiger partial charge >= 0.3 is 0 Å². The van der Waals surface area contributed by atoms with E-state index < -0.39 is 10.0 Å². The predicted octanol–water partition coefficient (Wildman–Crippen LogP) is 2.28. The molecule has 6 nitrogen and oxygen atoms in total. The van der Waals surface area contributed by atoms with Gasteiger partial charge in [-0.2, -0.15) is 4.31 Å². The van der Waals surface area contributed by atoms with Gasteiger partial charge in [-0.15, -0.1) is 0 Å². The Morgan fingerprint density at radius 3 is 2.71 bits per heavy atom. The molecule has 1 saturated heterocycles. The number of amides is 1. The molecule has 1 aliphatic rings. The van der Waals surface area contributed by atoms with Gasteiger partial charge in [-0.25, -0.2) is 8.42 Å². The number of halogens is 1. The zero-order valence-corrected chi connectivity index (χ0v) is 15.3. The summed E-state index contributed by atoms with van der Waals surface area (Å²) in [6.45, 7) is 4.58. The molecule has 2 rings (SSSR count). The monoisotopic (exact) mass is 374 g/mol. The van der Waals surface area contributed by atoms with E-state index in [2.05, 4.69) is 5.32 Å². The number of hydrogen-bond acceptors (Lipinski definition) is 4.